The Labute approximate surface area is 152 Å². The summed E-state index contributed by atoms with van der Waals surface area (Å²) in [4.78, 5) is 28.2. The first-order valence-electron chi connectivity index (χ1n) is 8.38. The molecule has 0 aliphatic carbocycles. The van der Waals surface area contributed by atoms with Gasteiger partial charge in [0, 0.05) is 57.6 Å². The Morgan fingerprint density at radius 2 is 1.81 bits per heavy atom. The summed E-state index contributed by atoms with van der Waals surface area (Å²) in [6.07, 6.45) is 2.96. The molecule has 1 aliphatic rings. The zero-order valence-electron chi connectivity index (χ0n) is 14.8. The zero-order chi connectivity index (χ0) is 19.4. The number of nitrogens with zero attached hydrogens (tertiary/aromatic N) is 3. The second-order valence-electron chi connectivity index (χ2n) is 5.47. The fraction of sp³-hybridized carbons (Fsp3) is 0.471. The van der Waals surface area contributed by atoms with Crippen molar-refractivity contribution in [2.45, 2.75) is 6.92 Å². The van der Waals surface area contributed by atoms with Gasteiger partial charge in [-0.2, -0.15) is 0 Å². The Morgan fingerprint density at radius 1 is 1.19 bits per heavy atom. The topological polar surface area (TPSA) is 126 Å². The number of rotatable bonds is 7. The second-order valence-corrected chi connectivity index (χ2v) is 5.47. The Kier molecular flexibility index (Phi) is 9.73. The monoisotopic (exact) mass is 366 g/mol. The number of aliphatic hydroxyl groups excluding tert-OH is 1. The lowest BCUT2D eigenvalue weighted by Crippen LogP contribution is -2.47. The minimum absolute atomic E-state index is 0.242. The van der Waals surface area contributed by atoms with Crippen molar-refractivity contribution in [3.8, 4) is 0 Å². The summed E-state index contributed by atoms with van der Waals surface area (Å²) in [6, 6.07) is 4.04. The first-order chi connectivity index (χ1) is 12.5. The van der Waals surface area contributed by atoms with Crippen molar-refractivity contribution in [2.75, 3.05) is 56.1 Å². The Hall–Kier alpha value is -2.65. The normalized spacial score (nSPS) is 14.6. The first-order valence-corrected chi connectivity index (χ1v) is 8.38. The first kappa shape index (κ1) is 21.4. The number of aliphatic carboxylic acids is 2. The number of carboxylic acid groups (broad SMARTS) is 2. The smallest absolute Gasteiger partial charge is 0.328 e. The van der Waals surface area contributed by atoms with Gasteiger partial charge in [-0.15, -0.1) is 0 Å². The number of pyridine rings is 1. The number of β-amino-alcohol motifs (C(OH)–C–C–N with tert-alkyl or cyclic N) is 1. The van der Waals surface area contributed by atoms with Crippen LogP contribution in [0.5, 0.6) is 0 Å². The van der Waals surface area contributed by atoms with Crippen LogP contribution in [0.3, 0.4) is 0 Å². The highest BCUT2D eigenvalue weighted by molar-refractivity contribution is 5.89. The molecule has 9 nitrogen and oxygen atoms in total. The van der Waals surface area contributed by atoms with Crippen molar-refractivity contribution in [2.24, 2.45) is 0 Å². The lowest BCUT2D eigenvalue weighted by molar-refractivity contribution is -0.134. The summed E-state index contributed by atoms with van der Waals surface area (Å²) in [6.45, 7) is 7.93. The van der Waals surface area contributed by atoms with Crippen LogP contribution in [0.4, 0.5) is 11.5 Å². The fourth-order valence-corrected chi connectivity index (χ4v) is 2.44. The average molecular weight is 366 g/mol. The number of hydrogen-bond donors (Lipinski definition) is 4. The predicted molar refractivity (Wildman–Crippen MR) is 98.6 cm³/mol. The molecule has 0 spiro atoms. The lowest BCUT2D eigenvalue weighted by atomic mass is 10.2. The minimum atomic E-state index is -1.26. The van der Waals surface area contributed by atoms with Gasteiger partial charge in [0.2, 0.25) is 0 Å². The van der Waals surface area contributed by atoms with Gasteiger partial charge in [-0.25, -0.2) is 14.6 Å². The molecule has 0 amide bonds. The van der Waals surface area contributed by atoms with Crippen LogP contribution in [0.15, 0.2) is 30.5 Å². The van der Waals surface area contributed by atoms with Crippen LogP contribution < -0.4 is 10.2 Å². The highest BCUT2D eigenvalue weighted by Crippen LogP contribution is 2.23. The SMILES string of the molecule is CCNc1cccnc1N1CCN(CCO)CC1.O=C(O)C=CC(=O)O. The van der Waals surface area contributed by atoms with E-state index >= 15 is 0 Å². The minimum Gasteiger partial charge on any atom is -0.478 e. The van der Waals surface area contributed by atoms with Crippen LogP contribution in [-0.4, -0.2) is 83.0 Å². The standard InChI is InChI=1S/C13H22N4O.C4H4O4/c1-2-14-12-4-3-5-15-13(12)17-8-6-16(7-9-17)10-11-18;5-3(6)1-2-4(7)8/h3-5,14,18H,2,6-11H2,1H3;1-2H,(H,5,6)(H,7,8). The molecule has 2 heterocycles. The number of aliphatic hydroxyl groups is 1. The third kappa shape index (κ3) is 7.95. The van der Waals surface area contributed by atoms with Gasteiger partial charge >= 0.3 is 11.9 Å². The molecular formula is C17H26N4O5. The average Bonchev–Trinajstić information content (AvgIpc) is 2.62. The maximum atomic E-state index is 9.55. The van der Waals surface area contributed by atoms with Gasteiger partial charge in [-0.1, -0.05) is 0 Å². The van der Waals surface area contributed by atoms with Crippen molar-refractivity contribution in [1.82, 2.24) is 9.88 Å². The molecule has 0 saturated carbocycles. The summed E-state index contributed by atoms with van der Waals surface area (Å²) in [7, 11) is 0. The summed E-state index contributed by atoms with van der Waals surface area (Å²) in [5, 5.41) is 27.9. The van der Waals surface area contributed by atoms with E-state index in [1.165, 1.54) is 0 Å². The third-order valence-electron chi connectivity index (χ3n) is 3.61. The molecule has 0 bridgehead atoms. The van der Waals surface area contributed by atoms with Gasteiger partial charge in [0.1, 0.15) is 0 Å². The molecule has 1 aromatic rings. The van der Waals surface area contributed by atoms with Crippen LogP contribution in [0.2, 0.25) is 0 Å². The molecule has 1 fully saturated rings. The van der Waals surface area contributed by atoms with Gasteiger partial charge in [0.25, 0.3) is 0 Å². The summed E-state index contributed by atoms with van der Waals surface area (Å²) < 4.78 is 0. The van der Waals surface area contributed by atoms with Crippen molar-refractivity contribution >= 4 is 23.4 Å². The molecule has 0 aromatic carbocycles. The van der Waals surface area contributed by atoms with Crippen LogP contribution in [0.1, 0.15) is 6.92 Å². The molecule has 26 heavy (non-hydrogen) atoms. The quantitative estimate of drug-likeness (QED) is 0.505. The lowest BCUT2D eigenvalue weighted by Gasteiger charge is -2.35. The number of anilines is 2. The maximum absolute atomic E-state index is 9.55. The fourth-order valence-electron chi connectivity index (χ4n) is 2.44. The molecule has 1 aliphatic heterocycles. The van der Waals surface area contributed by atoms with E-state index in [0.717, 1.165) is 50.8 Å². The van der Waals surface area contributed by atoms with Gasteiger partial charge in [-0.3, -0.25) is 4.90 Å². The van der Waals surface area contributed by atoms with E-state index in [2.05, 4.69) is 33.1 Å². The molecule has 1 aromatic heterocycles. The summed E-state index contributed by atoms with van der Waals surface area (Å²) in [5.74, 6) is -1.47. The van der Waals surface area contributed by atoms with Crippen molar-refractivity contribution < 1.29 is 24.9 Å². The van der Waals surface area contributed by atoms with Crippen LogP contribution >= 0.6 is 0 Å². The summed E-state index contributed by atoms with van der Waals surface area (Å²) in [5.41, 5.74) is 1.11. The van der Waals surface area contributed by atoms with E-state index in [9.17, 15) is 9.59 Å². The Morgan fingerprint density at radius 3 is 2.31 bits per heavy atom. The van der Waals surface area contributed by atoms with Crippen LogP contribution in [0.25, 0.3) is 0 Å². The molecule has 9 heteroatoms. The van der Waals surface area contributed by atoms with E-state index in [1.54, 1.807) is 0 Å². The highest BCUT2D eigenvalue weighted by atomic mass is 16.4. The molecular weight excluding hydrogens is 340 g/mol. The molecule has 144 valence electrons. The molecule has 2 rings (SSSR count). The van der Waals surface area contributed by atoms with Crippen LogP contribution in [-0.2, 0) is 9.59 Å². The molecule has 4 N–H and O–H groups in total. The van der Waals surface area contributed by atoms with E-state index in [4.69, 9.17) is 15.3 Å². The largest absolute Gasteiger partial charge is 0.478 e. The molecule has 0 radical (unpaired) electrons. The number of nitrogens with one attached hydrogen (secondary N) is 1. The van der Waals surface area contributed by atoms with E-state index in [0.29, 0.717) is 12.2 Å². The van der Waals surface area contributed by atoms with E-state index < -0.39 is 11.9 Å². The van der Waals surface area contributed by atoms with E-state index in [-0.39, 0.29) is 6.61 Å². The second kappa shape index (κ2) is 11.8. The Balaban J connectivity index is 0.000000359. The van der Waals surface area contributed by atoms with Gasteiger partial charge in [0.15, 0.2) is 5.82 Å². The number of piperazine rings is 1. The van der Waals surface area contributed by atoms with Crippen LogP contribution in [0, 0.1) is 0 Å². The number of aromatic nitrogens is 1. The van der Waals surface area contributed by atoms with Gasteiger partial charge in [-0.05, 0) is 19.1 Å². The van der Waals surface area contributed by atoms with Crippen molar-refractivity contribution in [3.05, 3.63) is 30.5 Å². The predicted octanol–water partition coefficient (Wildman–Crippen LogP) is 0.340. The third-order valence-corrected chi connectivity index (χ3v) is 3.61. The Bertz CT molecular complexity index is 585. The van der Waals surface area contributed by atoms with E-state index in [1.807, 2.05) is 12.3 Å². The van der Waals surface area contributed by atoms with Crippen molar-refractivity contribution in [1.29, 1.82) is 0 Å². The van der Waals surface area contributed by atoms with Gasteiger partial charge < -0.3 is 25.5 Å². The molecule has 0 atom stereocenters. The zero-order valence-corrected chi connectivity index (χ0v) is 14.8. The maximum Gasteiger partial charge on any atom is 0.328 e. The molecule has 1 saturated heterocycles. The van der Waals surface area contributed by atoms with Crippen molar-refractivity contribution in [3.63, 3.8) is 0 Å². The number of hydrogen-bond acceptors (Lipinski definition) is 7. The molecule has 0 unspecified atom stereocenters. The highest BCUT2D eigenvalue weighted by Gasteiger charge is 2.19. The number of carbonyl (C=O) groups is 2. The summed E-state index contributed by atoms with van der Waals surface area (Å²) >= 11 is 0. The van der Waals surface area contributed by atoms with Gasteiger partial charge in [0.05, 0.1) is 12.3 Å². The number of carboxylic acids is 2.